The first-order valence-corrected chi connectivity index (χ1v) is 19.4. The highest BCUT2D eigenvalue weighted by Crippen LogP contribution is 2.18. The number of guanidine groups is 1. The summed E-state index contributed by atoms with van der Waals surface area (Å²) in [5.74, 6) is 3.05. The zero-order valence-electron chi connectivity index (χ0n) is 40.9. The number of carbonyl (C=O) groups is 3. The maximum Gasteiger partial charge on any atom is 0.250 e. The minimum Gasteiger partial charge on any atom is -0.400 e. The van der Waals surface area contributed by atoms with Gasteiger partial charge in [0.25, 0.3) is 5.78 Å². The number of aromatic nitrogens is 7. The van der Waals surface area contributed by atoms with Gasteiger partial charge >= 0.3 is 0 Å². The number of Topliss-reactive ketones (excluding diaryl/α,β-unsaturated/α-hetero) is 2. The molecule has 4 unspecified atom stereocenters. The van der Waals surface area contributed by atoms with Gasteiger partial charge in [-0.1, -0.05) is 31.9 Å². The molecule has 3 rings (SSSR count). The van der Waals surface area contributed by atoms with Crippen LogP contribution in [-0.2, 0) is 25.6 Å². The Hall–Kier alpha value is -2.55. The number of hydrogen-bond acceptors (Lipinski definition) is 17. The Morgan fingerprint density at radius 3 is 1.74 bits per heavy atom. The van der Waals surface area contributed by atoms with Gasteiger partial charge in [0.15, 0.2) is 11.6 Å². The summed E-state index contributed by atoms with van der Waals surface area (Å²) in [5.41, 5.74) is 5.84. The van der Waals surface area contributed by atoms with E-state index in [2.05, 4.69) is 101 Å². The molecule has 0 radical (unpaired) electrons. The van der Waals surface area contributed by atoms with Gasteiger partial charge in [0.2, 0.25) is 11.9 Å². The summed E-state index contributed by atoms with van der Waals surface area (Å²) < 4.78 is 84.3. The number of aliphatic hydroxyl groups is 5. The van der Waals surface area contributed by atoms with Crippen LogP contribution in [0.1, 0.15) is 89.9 Å². The Morgan fingerprint density at radius 1 is 0.981 bits per heavy atom. The molecule has 0 aromatic carbocycles. The third kappa shape index (κ3) is 33.7. The first kappa shape index (κ1) is 37.4. The lowest BCUT2D eigenvalue weighted by Gasteiger charge is -2.15. The Kier molecular flexibility index (Phi) is 21.7. The lowest BCUT2D eigenvalue weighted by molar-refractivity contribution is -0.132. The molecule has 0 amide bonds. The molecule has 3 aromatic rings. The predicted octanol–water partition coefficient (Wildman–Crippen LogP) is 1.68. The van der Waals surface area contributed by atoms with Crippen molar-refractivity contribution in [2.75, 3.05) is 18.7 Å². The Morgan fingerprint density at radius 2 is 1.43 bits per heavy atom. The second kappa shape index (κ2) is 30.7. The largest absolute Gasteiger partial charge is 0.400 e. The van der Waals surface area contributed by atoms with Crippen LogP contribution >= 0.6 is 71.7 Å². The zero-order valence-corrected chi connectivity index (χ0v) is 36.0. The Bertz CT molecular complexity index is 1890. The molecule has 0 aliphatic heterocycles. The number of anilines is 1. The summed E-state index contributed by atoms with van der Waals surface area (Å²) >= 11 is 16.0. The number of aliphatic hydroxyl groups excluding tert-OH is 1. The quantitative estimate of drug-likeness (QED) is 0.0423. The van der Waals surface area contributed by atoms with Crippen molar-refractivity contribution in [3.8, 4) is 0 Å². The van der Waals surface area contributed by atoms with Gasteiger partial charge in [0.1, 0.15) is 32.4 Å². The lowest BCUT2D eigenvalue weighted by Crippen LogP contribution is -2.34. The number of hydrogen-bond donors (Lipinski definition) is 9. The Labute approximate surface area is 362 Å². The smallest absolute Gasteiger partial charge is 0.250 e. The summed E-state index contributed by atoms with van der Waals surface area (Å²) in [6.07, 6.45) is 6.00. The molecule has 306 valence electrons. The predicted molar refractivity (Wildman–Crippen MR) is 218 cm³/mol. The normalized spacial score (nSPS) is 18.2. The number of hydrazone groups is 1. The van der Waals surface area contributed by atoms with Crippen molar-refractivity contribution in [1.29, 1.82) is 0 Å². The molecule has 0 spiro atoms. The highest BCUT2D eigenvalue weighted by molar-refractivity contribution is 9.93. The molecule has 3 heterocycles. The van der Waals surface area contributed by atoms with E-state index in [1.807, 2.05) is 0 Å². The number of alkyl halides is 3. The number of nitrogens with zero attached hydrogens (tertiary/aromatic N) is 8. The monoisotopic (exact) mass is 1050 g/mol. The number of nitrogens with two attached hydrogens (primary N) is 4. The van der Waals surface area contributed by atoms with E-state index < -0.39 is 65.1 Å². The average Bonchev–Trinajstić information content (AvgIpc) is 3.67. The van der Waals surface area contributed by atoms with Gasteiger partial charge in [-0.05, 0) is 62.0 Å². The van der Waals surface area contributed by atoms with Crippen LogP contribution in [0.3, 0.4) is 0 Å². The fraction of sp³-hybridized carbons (Fsp3) is 0.571. The standard InChI is InChI=1S/C8H10N4O.C6H10N4O.C5H8Br2O2.C5H10O2.C2H3ClO.CH6N4.CH4O.Br2/c1-8(2,13)6-5-10-12-4-3-9-7(12)11-6;1-6(2,11)4-3-8-10-5(7)9-4;1-5(2,9)3(8)4(6)7;1-4(6)5(2,3)7;3-1-2-4;2-1(3)5-4;2*1-2/h3-5,13H,1-2H3;3,11H,1-2H3,(H2,7,9,10);4,9H,1-2H3;7H,1-3H3;2H,1H2;4H2,(H4,2,3,5);2H,1H3;/i3*1D3;2D3;;;;. The van der Waals surface area contributed by atoms with E-state index in [9.17, 15) is 24.9 Å². The number of ketones is 2. The fourth-order valence-electron chi connectivity index (χ4n) is 1.71. The van der Waals surface area contributed by atoms with E-state index in [1.54, 1.807) is 6.20 Å². The number of carbonyl (C=O) groups excluding carboxylic acids is 3. The second-order valence-electron chi connectivity index (χ2n) is 9.40. The first-order chi connectivity index (χ1) is 29.1. The lowest BCUT2D eigenvalue weighted by atomic mass is 10.1. The van der Waals surface area contributed by atoms with Crippen molar-refractivity contribution in [2.45, 2.75) is 88.2 Å². The number of rotatable bonds is 6. The van der Waals surface area contributed by atoms with Crippen LogP contribution in [0.5, 0.6) is 0 Å². The molecule has 0 fully saturated rings. The van der Waals surface area contributed by atoms with Crippen LogP contribution < -0.4 is 23.0 Å². The summed E-state index contributed by atoms with van der Waals surface area (Å²) in [6, 6.07) is 0. The molecule has 20 nitrogen and oxygen atoms in total. The molecule has 0 saturated carbocycles. The number of fused-ring (bicyclic) bond motifs is 1. The third-order valence-corrected chi connectivity index (χ3v) is 5.23. The second-order valence-corrected chi connectivity index (χ2v) is 12.8. The average molecular weight is 1050 g/mol. The molecule has 25 heteroatoms. The van der Waals surface area contributed by atoms with Crippen molar-refractivity contribution in [1.82, 2.24) is 34.8 Å². The van der Waals surface area contributed by atoms with Crippen molar-refractivity contribution in [2.24, 2.45) is 22.4 Å². The van der Waals surface area contributed by atoms with Crippen LogP contribution in [-0.4, -0.2) is 112 Å². The minimum atomic E-state index is -2.70. The molecule has 4 atom stereocenters. The van der Waals surface area contributed by atoms with E-state index in [0.717, 1.165) is 41.0 Å². The van der Waals surface area contributed by atoms with Crippen LogP contribution in [0.25, 0.3) is 5.78 Å². The van der Waals surface area contributed by atoms with Crippen LogP contribution in [0.4, 0.5) is 5.95 Å². The zero-order chi connectivity index (χ0) is 53.4. The minimum absolute atomic E-state index is 0.0220. The van der Waals surface area contributed by atoms with Crippen LogP contribution in [0.15, 0.2) is 29.9 Å². The summed E-state index contributed by atoms with van der Waals surface area (Å²) in [7, 11) is 1.00. The molecule has 0 aliphatic carbocycles. The van der Waals surface area contributed by atoms with Crippen molar-refractivity contribution in [3.63, 3.8) is 0 Å². The fourth-order valence-corrected chi connectivity index (χ4v) is 2.60. The van der Waals surface area contributed by atoms with Gasteiger partial charge in [0.05, 0.1) is 35.9 Å². The van der Waals surface area contributed by atoms with E-state index in [4.69, 9.17) is 60.3 Å². The highest BCUT2D eigenvalue weighted by atomic mass is 80.9. The molecule has 53 heavy (non-hydrogen) atoms. The van der Waals surface area contributed by atoms with Crippen molar-refractivity contribution < 1.29 is 56.4 Å². The van der Waals surface area contributed by atoms with E-state index in [0.29, 0.717) is 6.29 Å². The summed E-state index contributed by atoms with van der Waals surface area (Å²) in [6.45, 7) is -5.16. The number of aldehydes is 1. The first-order valence-electron chi connectivity index (χ1n) is 19.3. The van der Waals surface area contributed by atoms with Gasteiger partial charge in [-0.3, -0.25) is 9.59 Å². The number of halogens is 5. The van der Waals surface area contributed by atoms with Crippen LogP contribution in [0.2, 0.25) is 0 Å². The van der Waals surface area contributed by atoms with Gasteiger partial charge in [-0.15, -0.1) is 21.8 Å². The van der Waals surface area contributed by atoms with E-state index in [1.165, 1.54) is 23.8 Å². The van der Waals surface area contributed by atoms with Gasteiger partial charge in [-0.25, -0.2) is 19.5 Å². The maximum atomic E-state index is 11.1. The third-order valence-electron chi connectivity index (χ3n) is 4.28. The van der Waals surface area contributed by atoms with Gasteiger partial charge in [-0.2, -0.15) is 10.2 Å². The maximum absolute atomic E-state index is 11.1. The molecular weight excluding hydrogens is 987 g/mol. The Balaban J connectivity index is -0.000000228. The van der Waals surface area contributed by atoms with Crippen molar-refractivity contribution in [3.05, 3.63) is 36.2 Å². The molecule has 13 N–H and O–H groups in total. The summed E-state index contributed by atoms with van der Waals surface area (Å²) in [4.78, 5) is 42.1. The number of imidazole rings is 1. The topological polar surface area (TPSA) is 351 Å². The summed E-state index contributed by atoms with van der Waals surface area (Å²) in [5, 5.41) is 58.5. The van der Waals surface area contributed by atoms with Gasteiger partial charge in [0, 0.05) is 58.0 Å². The number of nitrogen functional groups attached to an aromatic ring is 1. The highest BCUT2D eigenvalue weighted by Gasteiger charge is 2.28. The van der Waals surface area contributed by atoms with E-state index >= 15 is 0 Å². The SMILES string of the molecule is BrBr.CO.NN=C(N)N.O=CCCl.[2H]C([2H])([2H])C(C)(O)C(=O)C(Br)Br.[2H]C([2H])([2H])C(C)(O)C(C)=O.[2H]C([2H])([2H])C(C)(O)c1cnn2ccnc2n1.[2H]C([2H])([2H])C(C)(O)c1cnnc(N)n1. The van der Waals surface area contributed by atoms with Gasteiger partial charge < -0.3 is 53.4 Å². The molecule has 0 aliphatic rings. The van der Waals surface area contributed by atoms with Crippen LogP contribution in [0, 0.1) is 0 Å². The molecule has 0 bridgehead atoms. The molecule has 3 aromatic heterocycles. The van der Waals surface area contributed by atoms with E-state index in [-0.39, 0.29) is 35.0 Å². The molecular formula is C28H51Br4ClN12O8. The van der Waals surface area contributed by atoms with Crippen molar-refractivity contribution >= 4 is 107 Å². The molecule has 0 saturated heterocycles.